The van der Waals surface area contributed by atoms with Crippen LogP contribution in [0, 0.1) is 0 Å². The molecule has 40 valence electrons. The van der Waals surface area contributed by atoms with Crippen LogP contribution < -0.4 is 5.73 Å². The van der Waals surface area contributed by atoms with Gasteiger partial charge in [-0.2, -0.15) is 0 Å². The highest BCUT2D eigenvalue weighted by Crippen LogP contribution is 1.94. The van der Waals surface area contributed by atoms with Crippen molar-refractivity contribution in [1.82, 2.24) is 0 Å². The smallest absolute Gasteiger partial charge is 0.00783 e. The van der Waals surface area contributed by atoms with E-state index >= 15 is 0 Å². The highest BCUT2D eigenvalue weighted by molar-refractivity contribution is 5.17. The van der Waals surface area contributed by atoms with Crippen LogP contribution in [0.15, 0.2) is 23.9 Å². The van der Waals surface area contributed by atoms with Crippen molar-refractivity contribution in [2.24, 2.45) is 5.73 Å². The summed E-state index contributed by atoms with van der Waals surface area (Å²) in [5.74, 6) is 0. The summed E-state index contributed by atoms with van der Waals surface area (Å²) < 4.78 is 0. The van der Waals surface area contributed by atoms with Crippen LogP contribution >= 0.6 is 0 Å². The van der Waals surface area contributed by atoms with Crippen molar-refractivity contribution >= 4 is 0 Å². The van der Waals surface area contributed by atoms with E-state index in [-0.39, 0.29) is 0 Å². The molecule has 0 unspecified atom stereocenters. The molecule has 2 N–H and O–H groups in total. The van der Waals surface area contributed by atoms with Crippen LogP contribution in [0.5, 0.6) is 0 Å². The van der Waals surface area contributed by atoms with E-state index in [9.17, 15) is 0 Å². The van der Waals surface area contributed by atoms with Crippen molar-refractivity contribution in [3.63, 3.8) is 0 Å². The van der Waals surface area contributed by atoms with Gasteiger partial charge in [0, 0.05) is 5.70 Å². The van der Waals surface area contributed by atoms with Crippen molar-refractivity contribution in [1.29, 1.82) is 0 Å². The van der Waals surface area contributed by atoms with Crippen molar-refractivity contribution in [2.75, 3.05) is 0 Å². The van der Waals surface area contributed by atoms with Gasteiger partial charge in [0.2, 0.25) is 0 Å². The Morgan fingerprint density at radius 3 is 2.00 bits per heavy atom. The summed E-state index contributed by atoms with van der Waals surface area (Å²) >= 11 is 0. The van der Waals surface area contributed by atoms with Gasteiger partial charge < -0.3 is 5.73 Å². The fraction of sp³-hybridized carbons (Fsp3) is 0.333. The predicted octanol–water partition coefficient (Wildman–Crippen LogP) is 1.43. The maximum absolute atomic E-state index is 5.35. The summed E-state index contributed by atoms with van der Waals surface area (Å²) in [6.07, 6.45) is 1.75. The molecule has 0 amide bonds. The van der Waals surface area contributed by atoms with E-state index < -0.39 is 0 Å². The van der Waals surface area contributed by atoms with Gasteiger partial charge in [0.25, 0.3) is 0 Å². The molecule has 7 heavy (non-hydrogen) atoms. The van der Waals surface area contributed by atoms with Gasteiger partial charge in [-0.3, -0.25) is 0 Å². The van der Waals surface area contributed by atoms with Crippen LogP contribution in [0.2, 0.25) is 0 Å². The van der Waals surface area contributed by atoms with Gasteiger partial charge in [-0.1, -0.05) is 12.7 Å². The van der Waals surface area contributed by atoms with Crippen LogP contribution in [-0.4, -0.2) is 0 Å². The molecule has 0 saturated carbocycles. The second-order valence-corrected chi connectivity index (χ2v) is 1.57. The van der Waals surface area contributed by atoms with Crippen molar-refractivity contribution < 1.29 is 0 Å². The SMILES string of the molecule is C=C/C(C)=C(/C)N. The maximum atomic E-state index is 5.35. The zero-order valence-electron chi connectivity index (χ0n) is 4.86. The van der Waals surface area contributed by atoms with E-state index in [1.54, 1.807) is 6.08 Å². The lowest BCUT2D eigenvalue weighted by molar-refractivity contribution is 1.24. The molecule has 1 heteroatoms. The summed E-state index contributed by atoms with van der Waals surface area (Å²) in [6.45, 7) is 7.33. The summed E-state index contributed by atoms with van der Waals surface area (Å²) in [6, 6.07) is 0. The van der Waals surface area contributed by atoms with Gasteiger partial charge >= 0.3 is 0 Å². The van der Waals surface area contributed by atoms with E-state index in [4.69, 9.17) is 5.73 Å². The monoisotopic (exact) mass is 97.1 g/mol. The van der Waals surface area contributed by atoms with E-state index in [0.717, 1.165) is 11.3 Å². The summed E-state index contributed by atoms with van der Waals surface area (Å²) in [4.78, 5) is 0. The standard InChI is InChI=1S/C6H11N/c1-4-5(2)6(3)7/h4H,1,7H2,2-3H3/b6-5-. The molecule has 1 nitrogen and oxygen atoms in total. The average molecular weight is 97.2 g/mol. The molecule has 0 aromatic carbocycles. The molecule has 0 heterocycles. The third-order valence-corrected chi connectivity index (χ3v) is 0.928. The molecule has 0 aliphatic rings. The zero-order valence-corrected chi connectivity index (χ0v) is 4.86. The lowest BCUT2D eigenvalue weighted by atomic mass is 10.2. The van der Waals surface area contributed by atoms with Crippen LogP contribution in [0.3, 0.4) is 0 Å². The molecular weight excluding hydrogens is 86.1 g/mol. The van der Waals surface area contributed by atoms with Crippen LogP contribution in [-0.2, 0) is 0 Å². The topological polar surface area (TPSA) is 26.0 Å². The number of hydrogen-bond donors (Lipinski definition) is 1. The average Bonchev–Trinajstić information content (AvgIpc) is 1.65. The highest BCUT2D eigenvalue weighted by Gasteiger charge is 1.79. The maximum Gasteiger partial charge on any atom is 0.00783 e. The molecule has 0 aromatic heterocycles. The van der Waals surface area contributed by atoms with Crippen LogP contribution in [0.4, 0.5) is 0 Å². The zero-order chi connectivity index (χ0) is 5.86. The molecule has 0 aromatic rings. The van der Waals surface area contributed by atoms with Gasteiger partial charge in [-0.05, 0) is 19.4 Å². The molecule has 0 atom stereocenters. The Labute approximate surface area is 44.5 Å². The number of rotatable bonds is 1. The van der Waals surface area contributed by atoms with E-state index in [0.29, 0.717) is 0 Å². The fourth-order valence-corrected chi connectivity index (χ4v) is 0.161. The van der Waals surface area contributed by atoms with Gasteiger partial charge in [-0.15, -0.1) is 0 Å². The van der Waals surface area contributed by atoms with E-state index in [1.165, 1.54) is 0 Å². The third kappa shape index (κ3) is 2.04. The first-order valence-electron chi connectivity index (χ1n) is 2.24. The van der Waals surface area contributed by atoms with E-state index in [2.05, 4.69) is 6.58 Å². The second-order valence-electron chi connectivity index (χ2n) is 1.57. The molecular formula is C6H11N. The molecule has 0 spiro atoms. The summed E-state index contributed by atoms with van der Waals surface area (Å²) in [5, 5.41) is 0. The fourth-order valence-electron chi connectivity index (χ4n) is 0.161. The Bertz CT molecular complexity index is 96.7. The molecule has 0 saturated heterocycles. The Morgan fingerprint density at radius 1 is 1.57 bits per heavy atom. The van der Waals surface area contributed by atoms with Gasteiger partial charge in [0.1, 0.15) is 0 Å². The lowest BCUT2D eigenvalue weighted by Crippen LogP contribution is -1.92. The van der Waals surface area contributed by atoms with Gasteiger partial charge in [0.15, 0.2) is 0 Å². The highest BCUT2D eigenvalue weighted by atomic mass is 14.5. The number of nitrogens with two attached hydrogens (primary N) is 1. The van der Waals surface area contributed by atoms with Gasteiger partial charge in [0.05, 0.1) is 0 Å². The lowest BCUT2D eigenvalue weighted by Gasteiger charge is -1.90. The Balaban J connectivity index is 3.98. The molecule has 0 fully saturated rings. The first-order chi connectivity index (χ1) is 3.18. The minimum atomic E-state index is 0.843. The normalized spacial score (nSPS) is 12.9. The number of hydrogen-bond acceptors (Lipinski definition) is 1. The first kappa shape index (κ1) is 6.28. The predicted molar refractivity (Wildman–Crippen MR) is 32.8 cm³/mol. The molecule has 0 radical (unpaired) electrons. The van der Waals surface area contributed by atoms with Crippen molar-refractivity contribution in [3.05, 3.63) is 23.9 Å². The Morgan fingerprint density at radius 2 is 2.00 bits per heavy atom. The third-order valence-electron chi connectivity index (χ3n) is 0.928. The quantitative estimate of drug-likeness (QED) is 0.492. The molecule has 0 bridgehead atoms. The second kappa shape index (κ2) is 2.45. The minimum Gasteiger partial charge on any atom is -0.402 e. The van der Waals surface area contributed by atoms with Crippen LogP contribution in [0.1, 0.15) is 13.8 Å². The van der Waals surface area contributed by atoms with Crippen molar-refractivity contribution in [2.45, 2.75) is 13.8 Å². The summed E-state index contributed by atoms with van der Waals surface area (Å²) in [5.41, 5.74) is 7.25. The summed E-state index contributed by atoms with van der Waals surface area (Å²) in [7, 11) is 0. The Kier molecular flexibility index (Phi) is 2.20. The number of allylic oxidation sites excluding steroid dienone is 3. The van der Waals surface area contributed by atoms with E-state index in [1.807, 2.05) is 13.8 Å². The minimum absolute atomic E-state index is 0.843. The van der Waals surface area contributed by atoms with Crippen molar-refractivity contribution in [3.8, 4) is 0 Å². The largest absolute Gasteiger partial charge is 0.402 e. The Hall–Kier alpha value is -0.720. The molecule has 0 aliphatic heterocycles. The molecule has 0 aliphatic carbocycles. The van der Waals surface area contributed by atoms with Crippen LogP contribution in [0.25, 0.3) is 0 Å². The van der Waals surface area contributed by atoms with Gasteiger partial charge in [-0.25, -0.2) is 0 Å². The molecule has 0 rings (SSSR count). The first-order valence-corrected chi connectivity index (χ1v) is 2.24.